The fourth-order valence-corrected chi connectivity index (χ4v) is 6.75. The fourth-order valence-electron chi connectivity index (χ4n) is 6.52. The maximum absolute atomic E-state index is 14.7. The molecule has 3 aromatic carbocycles. The van der Waals surface area contributed by atoms with Crippen molar-refractivity contribution in [2.24, 2.45) is 0 Å². The fraction of sp³-hybridized carbons (Fsp3) is 0.405. The van der Waals surface area contributed by atoms with Gasteiger partial charge in [-0.2, -0.15) is 0 Å². The van der Waals surface area contributed by atoms with E-state index in [-0.39, 0.29) is 29.9 Å². The molecule has 2 amide bonds. The number of carbonyl (C=O) groups is 2. The third kappa shape index (κ3) is 7.68. The van der Waals surface area contributed by atoms with E-state index >= 15 is 0 Å². The second-order valence-corrected chi connectivity index (χ2v) is 12.9. The van der Waals surface area contributed by atoms with Gasteiger partial charge >= 0.3 is 0 Å². The van der Waals surface area contributed by atoms with E-state index in [4.69, 9.17) is 30.5 Å². The van der Waals surface area contributed by atoms with Gasteiger partial charge in [0.15, 0.2) is 0 Å². The molecule has 2 heterocycles. The molecule has 9 nitrogen and oxygen atoms in total. The number of carbonyl (C=O) groups excluding carboxylic acids is 2. The van der Waals surface area contributed by atoms with Gasteiger partial charge in [-0.05, 0) is 90.9 Å². The van der Waals surface area contributed by atoms with Crippen molar-refractivity contribution in [3.8, 4) is 23.0 Å². The van der Waals surface area contributed by atoms with Gasteiger partial charge in [-0.15, -0.1) is 0 Å². The number of piperazine rings is 1. The molecule has 2 aliphatic heterocycles. The van der Waals surface area contributed by atoms with Crippen LogP contribution >= 0.6 is 11.6 Å². The lowest BCUT2D eigenvalue weighted by molar-refractivity contribution is -0.132. The summed E-state index contributed by atoms with van der Waals surface area (Å²) < 4.78 is 22.9. The second-order valence-electron chi connectivity index (χ2n) is 12.5. The average Bonchev–Trinajstić information content (AvgIpc) is 3.91. The summed E-state index contributed by atoms with van der Waals surface area (Å²) in [7, 11) is 3.25. The van der Waals surface area contributed by atoms with Gasteiger partial charge in [0.1, 0.15) is 36.2 Å². The third-order valence-electron chi connectivity index (χ3n) is 9.04. The Bertz CT molecular complexity index is 1630. The number of halogens is 1. The van der Waals surface area contributed by atoms with Gasteiger partial charge in [0.25, 0.3) is 5.91 Å². The van der Waals surface area contributed by atoms with Crippen molar-refractivity contribution >= 4 is 29.0 Å². The van der Waals surface area contributed by atoms with E-state index in [1.165, 1.54) is 0 Å². The lowest BCUT2D eigenvalue weighted by atomic mass is 9.82. The Morgan fingerprint density at radius 3 is 2.26 bits per heavy atom. The zero-order valence-corrected chi connectivity index (χ0v) is 28.1. The number of rotatable bonds is 12. The number of fused-ring (bicyclic) bond motifs is 2. The molecular weight excluding hydrogens is 618 g/mol. The quantitative estimate of drug-likeness (QED) is 0.251. The van der Waals surface area contributed by atoms with Gasteiger partial charge in [-0.1, -0.05) is 23.7 Å². The topological polar surface area (TPSA) is 89.6 Å². The highest BCUT2D eigenvalue weighted by molar-refractivity contribution is 6.30. The molecule has 1 saturated carbocycles. The predicted molar refractivity (Wildman–Crippen MR) is 181 cm³/mol. The molecule has 0 unspecified atom stereocenters. The van der Waals surface area contributed by atoms with Gasteiger partial charge in [0.2, 0.25) is 5.91 Å². The largest absolute Gasteiger partial charge is 0.497 e. The zero-order valence-electron chi connectivity index (χ0n) is 27.4. The van der Waals surface area contributed by atoms with Gasteiger partial charge < -0.3 is 34.1 Å². The van der Waals surface area contributed by atoms with Crippen molar-refractivity contribution in [1.29, 1.82) is 0 Å². The predicted octanol–water partition coefficient (Wildman–Crippen LogP) is 5.66. The summed E-state index contributed by atoms with van der Waals surface area (Å²) in [6, 6.07) is 19.2. The number of aryl methyl sites for hydroxylation is 1. The third-order valence-corrected chi connectivity index (χ3v) is 9.28. The number of hydrogen-bond donors (Lipinski definition) is 1. The normalized spacial score (nSPS) is 18.9. The Morgan fingerprint density at radius 2 is 1.62 bits per heavy atom. The van der Waals surface area contributed by atoms with Crippen LogP contribution in [0.25, 0.3) is 5.57 Å². The summed E-state index contributed by atoms with van der Waals surface area (Å²) in [6.07, 6.45) is 2.56. The first-order valence-corrected chi connectivity index (χ1v) is 16.5. The Kier molecular flexibility index (Phi) is 9.94. The molecule has 10 heteroatoms. The van der Waals surface area contributed by atoms with Crippen molar-refractivity contribution in [2.75, 3.05) is 40.5 Å². The van der Waals surface area contributed by atoms with Gasteiger partial charge in [-0.3, -0.25) is 9.59 Å². The number of benzene rings is 3. The van der Waals surface area contributed by atoms with E-state index in [1.807, 2.05) is 77.4 Å². The molecule has 3 aliphatic rings. The summed E-state index contributed by atoms with van der Waals surface area (Å²) in [5, 5.41) is 4.34. The first kappa shape index (κ1) is 32.7. The molecule has 1 saturated heterocycles. The Balaban J connectivity index is 1.24. The van der Waals surface area contributed by atoms with Crippen LogP contribution in [0, 0.1) is 6.92 Å². The van der Waals surface area contributed by atoms with E-state index in [9.17, 15) is 9.59 Å². The summed E-state index contributed by atoms with van der Waals surface area (Å²) in [5.41, 5.74) is 4.65. The molecule has 2 fully saturated rings. The first-order valence-electron chi connectivity index (χ1n) is 16.1. The second kappa shape index (κ2) is 14.3. The van der Waals surface area contributed by atoms with Crippen molar-refractivity contribution in [3.05, 3.63) is 87.9 Å². The van der Waals surface area contributed by atoms with Crippen LogP contribution in [-0.2, 0) is 16.1 Å². The van der Waals surface area contributed by atoms with Crippen molar-refractivity contribution in [1.82, 2.24) is 15.1 Å². The molecule has 6 rings (SSSR count). The standard InChI is InChI=1S/C37H42ClN3O6/c1-23-15-27(38)7-12-35(23)47-14-13-46-30-10-5-26(6-11-30)33-18-28-21-40(24(2)42)22-34(39-28)36(33)37(43)41(29-8-9-29)20-25-16-31(44-3)19-32(17-25)45-4/h5-7,10-12,15-17,19,28-29,34,39H,8-9,13-14,18,20-22H2,1-4H3/t28-,34-/m1/s1. The number of nitrogens with zero attached hydrogens (tertiary/aromatic N) is 2. The molecule has 47 heavy (non-hydrogen) atoms. The molecule has 0 spiro atoms. The molecule has 248 valence electrons. The van der Waals surface area contributed by atoms with Crippen LogP contribution in [0.3, 0.4) is 0 Å². The number of nitrogens with one attached hydrogen (secondary N) is 1. The monoisotopic (exact) mass is 659 g/mol. The minimum Gasteiger partial charge on any atom is -0.497 e. The number of methoxy groups -OCH3 is 2. The highest BCUT2D eigenvalue weighted by Gasteiger charge is 2.43. The Hall–Kier alpha value is -4.21. The molecule has 0 radical (unpaired) electrons. The van der Waals surface area contributed by atoms with Crippen LogP contribution in [0.2, 0.25) is 5.02 Å². The molecule has 1 aliphatic carbocycles. The van der Waals surface area contributed by atoms with E-state index in [2.05, 4.69) is 5.32 Å². The van der Waals surface area contributed by atoms with Crippen molar-refractivity contribution < 1.29 is 28.5 Å². The minimum atomic E-state index is -0.264. The van der Waals surface area contributed by atoms with Crippen LogP contribution in [0.5, 0.6) is 23.0 Å². The van der Waals surface area contributed by atoms with E-state index in [0.717, 1.165) is 52.2 Å². The van der Waals surface area contributed by atoms with Crippen molar-refractivity contribution in [3.63, 3.8) is 0 Å². The van der Waals surface area contributed by atoms with Gasteiger partial charge in [-0.25, -0.2) is 0 Å². The first-order chi connectivity index (χ1) is 22.7. The van der Waals surface area contributed by atoms with Crippen LogP contribution in [0.15, 0.2) is 66.2 Å². The molecule has 2 bridgehead atoms. The minimum absolute atomic E-state index is 0.000562. The summed E-state index contributed by atoms with van der Waals surface area (Å²) in [5.74, 6) is 2.90. The van der Waals surface area contributed by atoms with Crippen LogP contribution in [0.4, 0.5) is 0 Å². The summed E-state index contributed by atoms with van der Waals surface area (Å²) >= 11 is 6.05. The van der Waals surface area contributed by atoms with Crippen LogP contribution < -0.4 is 24.3 Å². The maximum Gasteiger partial charge on any atom is 0.252 e. The Labute approximate surface area is 281 Å². The van der Waals surface area contributed by atoms with Crippen LogP contribution in [-0.4, -0.2) is 80.3 Å². The molecule has 1 N–H and O–H groups in total. The summed E-state index contributed by atoms with van der Waals surface area (Å²) in [6.45, 7) is 5.84. The van der Waals surface area contributed by atoms with Gasteiger partial charge in [0.05, 0.1) is 20.3 Å². The van der Waals surface area contributed by atoms with E-state index in [1.54, 1.807) is 21.1 Å². The number of amides is 2. The smallest absolute Gasteiger partial charge is 0.252 e. The van der Waals surface area contributed by atoms with Crippen molar-refractivity contribution in [2.45, 2.75) is 57.8 Å². The summed E-state index contributed by atoms with van der Waals surface area (Å²) in [4.78, 5) is 31.0. The van der Waals surface area contributed by atoms with E-state index in [0.29, 0.717) is 55.8 Å². The number of hydrogen-bond acceptors (Lipinski definition) is 7. The van der Waals surface area contributed by atoms with Crippen LogP contribution in [0.1, 0.15) is 42.9 Å². The number of ether oxygens (including phenoxy) is 4. The highest BCUT2D eigenvalue weighted by atomic mass is 35.5. The molecular formula is C37H42ClN3O6. The average molecular weight is 660 g/mol. The molecule has 3 aromatic rings. The molecule has 0 aromatic heterocycles. The lowest BCUT2D eigenvalue weighted by Gasteiger charge is -2.44. The zero-order chi connectivity index (χ0) is 33.1. The molecule has 2 atom stereocenters. The lowest BCUT2D eigenvalue weighted by Crippen LogP contribution is -2.61. The SMILES string of the molecule is COc1cc(CN(C(=O)C2=C(c3ccc(OCCOc4ccc(Cl)cc4C)cc3)C[C@@H]3CN(C(C)=O)C[C@H]2N3)C2CC2)cc(OC)c1. The maximum atomic E-state index is 14.7. The Morgan fingerprint density at radius 1 is 0.915 bits per heavy atom. The van der Waals surface area contributed by atoms with E-state index < -0.39 is 0 Å². The highest BCUT2D eigenvalue weighted by Crippen LogP contribution is 2.38. The van der Waals surface area contributed by atoms with Gasteiger partial charge in [0, 0.05) is 55.3 Å².